The molecule has 4 rings (SSSR count). The van der Waals surface area contributed by atoms with E-state index in [0.29, 0.717) is 5.56 Å². The molecule has 0 amide bonds. The van der Waals surface area contributed by atoms with Crippen molar-refractivity contribution in [3.8, 4) is 0 Å². The normalized spacial score (nSPS) is 14.3. The van der Waals surface area contributed by atoms with E-state index < -0.39 is 0 Å². The number of hydrogen-bond donors (Lipinski definition) is 2. The lowest BCUT2D eigenvalue weighted by molar-refractivity contribution is 0.298. The molecule has 1 aromatic heterocycles. The molecular formula is C33H40FN3O. The highest BCUT2D eigenvalue weighted by Gasteiger charge is 2.18. The van der Waals surface area contributed by atoms with Gasteiger partial charge in [-0.25, -0.2) is 4.39 Å². The second-order valence-electron chi connectivity index (χ2n) is 10.2. The number of nitrogens with one attached hydrogen (secondary N) is 2. The Balaban J connectivity index is 1.57. The molecule has 1 heterocycles. The van der Waals surface area contributed by atoms with Crippen LogP contribution in [0.4, 0.5) is 15.8 Å². The average Bonchev–Trinajstić information content (AvgIpc) is 2.88. The van der Waals surface area contributed by atoms with Gasteiger partial charge in [-0.05, 0) is 91.3 Å². The summed E-state index contributed by atoms with van der Waals surface area (Å²) in [6.07, 6.45) is 13.0. The smallest absolute Gasteiger partial charge is 0.257 e. The van der Waals surface area contributed by atoms with Crippen LogP contribution in [-0.2, 0) is 0 Å². The summed E-state index contributed by atoms with van der Waals surface area (Å²) in [5.41, 5.74) is 6.07. The van der Waals surface area contributed by atoms with E-state index in [1.54, 1.807) is 18.3 Å². The van der Waals surface area contributed by atoms with Crippen LogP contribution in [0.25, 0.3) is 17.3 Å². The fourth-order valence-corrected chi connectivity index (χ4v) is 5.01. The van der Waals surface area contributed by atoms with Gasteiger partial charge in [0, 0.05) is 36.4 Å². The van der Waals surface area contributed by atoms with Crippen LogP contribution in [0.1, 0.15) is 76.0 Å². The minimum Gasteiger partial charge on any atom is -0.372 e. The van der Waals surface area contributed by atoms with Crippen molar-refractivity contribution in [3.63, 3.8) is 0 Å². The number of aromatic amines is 1. The van der Waals surface area contributed by atoms with Crippen LogP contribution in [0.2, 0.25) is 0 Å². The lowest BCUT2D eigenvalue weighted by Gasteiger charge is -2.30. The number of aromatic nitrogens is 1. The molecule has 0 bridgehead atoms. The topological polar surface area (TPSA) is 48.1 Å². The van der Waals surface area contributed by atoms with Crippen molar-refractivity contribution in [2.24, 2.45) is 5.92 Å². The summed E-state index contributed by atoms with van der Waals surface area (Å²) in [5, 5.41) is 3.51. The molecule has 2 N–H and O–H groups in total. The summed E-state index contributed by atoms with van der Waals surface area (Å²) in [6.45, 7) is 8.43. The second kappa shape index (κ2) is 13.3. The van der Waals surface area contributed by atoms with E-state index in [-0.39, 0.29) is 11.4 Å². The van der Waals surface area contributed by atoms with Gasteiger partial charge in [-0.3, -0.25) is 4.79 Å². The SMILES string of the molecule is CC/C=C(\Nc1ccc(N(CCC)CCC2CCC2)cc1)c1c(/C=C(\C)c2ccc(F)cc2)cc[nH]c1=O. The first-order chi connectivity index (χ1) is 18.5. The molecule has 0 radical (unpaired) electrons. The van der Waals surface area contributed by atoms with Gasteiger partial charge >= 0.3 is 0 Å². The van der Waals surface area contributed by atoms with E-state index in [1.807, 2.05) is 25.1 Å². The summed E-state index contributed by atoms with van der Waals surface area (Å²) in [7, 11) is 0. The summed E-state index contributed by atoms with van der Waals surface area (Å²) in [4.78, 5) is 18.4. The van der Waals surface area contributed by atoms with Gasteiger partial charge in [0.05, 0.1) is 5.56 Å². The second-order valence-corrected chi connectivity index (χ2v) is 10.2. The van der Waals surface area contributed by atoms with Gasteiger partial charge in [0.1, 0.15) is 5.82 Å². The molecule has 1 aliphatic rings. The summed E-state index contributed by atoms with van der Waals surface area (Å²) < 4.78 is 13.4. The molecule has 0 unspecified atom stereocenters. The zero-order valence-electron chi connectivity index (χ0n) is 22.9. The van der Waals surface area contributed by atoms with Gasteiger partial charge < -0.3 is 15.2 Å². The van der Waals surface area contributed by atoms with E-state index >= 15 is 0 Å². The van der Waals surface area contributed by atoms with Crippen LogP contribution in [0, 0.1) is 11.7 Å². The molecule has 2 aromatic carbocycles. The van der Waals surface area contributed by atoms with Gasteiger partial charge in [-0.2, -0.15) is 0 Å². The molecule has 5 heteroatoms. The maximum Gasteiger partial charge on any atom is 0.257 e. The maximum absolute atomic E-state index is 13.4. The lowest BCUT2D eigenvalue weighted by atomic mass is 9.83. The first kappa shape index (κ1) is 27.4. The van der Waals surface area contributed by atoms with Gasteiger partial charge in [0.25, 0.3) is 5.56 Å². The van der Waals surface area contributed by atoms with Crippen LogP contribution in [0.5, 0.6) is 0 Å². The Bertz CT molecular complexity index is 1300. The Hall–Kier alpha value is -3.60. The van der Waals surface area contributed by atoms with Crippen LogP contribution in [0.15, 0.2) is 71.7 Å². The zero-order chi connectivity index (χ0) is 26.9. The molecule has 1 fully saturated rings. The highest BCUT2D eigenvalue weighted by molar-refractivity contribution is 5.87. The first-order valence-corrected chi connectivity index (χ1v) is 14.0. The molecule has 0 saturated heterocycles. The molecule has 0 aliphatic heterocycles. The van der Waals surface area contributed by atoms with Crippen molar-refractivity contribution in [1.82, 2.24) is 4.98 Å². The Labute approximate surface area is 226 Å². The van der Waals surface area contributed by atoms with E-state index in [1.165, 1.54) is 43.5 Å². The fraction of sp³-hybridized carbons (Fsp3) is 0.364. The third-order valence-electron chi connectivity index (χ3n) is 7.38. The summed E-state index contributed by atoms with van der Waals surface area (Å²) >= 11 is 0. The Morgan fingerprint density at radius 1 is 1.05 bits per heavy atom. The number of pyridine rings is 1. The largest absolute Gasteiger partial charge is 0.372 e. The van der Waals surface area contributed by atoms with Gasteiger partial charge in [-0.1, -0.05) is 57.4 Å². The molecule has 0 atom stereocenters. The van der Waals surface area contributed by atoms with E-state index in [9.17, 15) is 9.18 Å². The number of hydrogen-bond acceptors (Lipinski definition) is 3. The third-order valence-corrected chi connectivity index (χ3v) is 7.38. The standard InChI is InChI=1S/C33H40FN3O/c1-4-7-31(32-27(18-20-35-33(32)38)23-24(3)26-10-12-28(34)13-11-26)36-29-14-16-30(17-15-29)37(21-5-2)22-19-25-8-6-9-25/h7,10-18,20,23,25,36H,4-6,8-9,19,21-22H2,1-3H3,(H,35,38)/b24-23+,31-7-. The number of halogens is 1. The molecule has 4 nitrogen and oxygen atoms in total. The Morgan fingerprint density at radius 2 is 1.79 bits per heavy atom. The van der Waals surface area contributed by atoms with Crippen molar-refractivity contribution in [2.45, 2.75) is 59.3 Å². The van der Waals surface area contributed by atoms with Crippen molar-refractivity contribution < 1.29 is 4.39 Å². The maximum atomic E-state index is 13.4. The van der Waals surface area contributed by atoms with Gasteiger partial charge in [0.15, 0.2) is 0 Å². The van der Waals surface area contributed by atoms with Crippen LogP contribution in [0.3, 0.4) is 0 Å². The molecule has 1 saturated carbocycles. The molecular weight excluding hydrogens is 473 g/mol. The van der Waals surface area contributed by atoms with Crippen LogP contribution in [-0.4, -0.2) is 18.1 Å². The molecule has 0 spiro atoms. The van der Waals surface area contributed by atoms with Crippen LogP contribution >= 0.6 is 0 Å². The lowest BCUT2D eigenvalue weighted by Crippen LogP contribution is -2.28. The number of anilines is 2. The van der Waals surface area contributed by atoms with E-state index in [2.05, 4.69) is 53.3 Å². The molecule has 1 aliphatic carbocycles. The van der Waals surface area contributed by atoms with E-state index in [0.717, 1.165) is 59.9 Å². The molecule has 38 heavy (non-hydrogen) atoms. The minimum atomic E-state index is -0.266. The van der Waals surface area contributed by atoms with E-state index in [4.69, 9.17) is 0 Å². The van der Waals surface area contributed by atoms with Crippen molar-refractivity contribution >= 4 is 28.7 Å². The van der Waals surface area contributed by atoms with Gasteiger partial charge in [-0.15, -0.1) is 0 Å². The fourth-order valence-electron chi connectivity index (χ4n) is 5.01. The summed E-state index contributed by atoms with van der Waals surface area (Å²) in [6, 6.07) is 16.9. The molecule has 3 aromatic rings. The van der Waals surface area contributed by atoms with Crippen LogP contribution < -0.4 is 15.8 Å². The Morgan fingerprint density at radius 3 is 2.42 bits per heavy atom. The zero-order valence-corrected chi connectivity index (χ0v) is 22.9. The number of H-pyrrole nitrogens is 1. The number of benzene rings is 2. The summed E-state index contributed by atoms with van der Waals surface area (Å²) in [5.74, 6) is 0.633. The number of allylic oxidation sites excluding steroid dienone is 2. The predicted molar refractivity (Wildman–Crippen MR) is 160 cm³/mol. The molecule has 200 valence electrons. The van der Waals surface area contributed by atoms with Crippen molar-refractivity contribution in [3.05, 3.63) is 99.7 Å². The monoisotopic (exact) mass is 513 g/mol. The highest BCUT2D eigenvalue weighted by atomic mass is 19.1. The van der Waals surface area contributed by atoms with Crippen molar-refractivity contribution in [2.75, 3.05) is 23.3 Å². The quantitative estimate of drug-likeness (QED) is 0.256. The average molecular weight is 514 g/mol. The van der Waals surface area contributed by atoms with Crippen molar-refractivity contribution in [1.29, 1.82) is 0 Å². The minimum absolute atomic E-state index is 0.153. The number of nitrogens with zero attached hydrogens (tertiary/aromatic N) is 1. The number of rotatable bonds is 12. The highest BCUT2D eigenvalue weighted by Crippen LogP contribution is 2.31. The predicted octanol–water partition coefficient (Wildman–Crippen LogP) is 8.34. The third kappa shape index (κ3) is 7.03. The Kier molecular flexibility index (Phi) is 9.58. The van der Waals surface area contributed by atoms with Gasteiger partial charge in [0.2, 0.25) is 0 Å². The first-order valence-electron chi connectivity index (χ1n) is 14.0.